The highest BCUT2D eigenvalue weighted by Gasteiger charge is 2.27. The maximum atomic E-state index is 9.12. The lowest BCUT2D eigenvalue weighted by Gasteiger charge is -2.31. The zero-order chi connectivity index (χ0) is 15.7. The van der Waals surface area contributed by atoms with Crippen molar-refractivity contribution < 1.29 is 4.74 Å². The molecule has 22 heavy (non-hydrogen) atoms. The largest absolute Gasteiger partial charge is 0.483 e. The van der Waals surface area contributed by atoms with Gasteiger partial charge in [-0.3, -0.25) is 0 Å². The lowest BCUT2D eigenvalue weighted by Crippen LogP contribution is -2.28. The summed E-state index contributed by atoms with van der Waals surface area (Å²) in [7, 11) is 0. The van der Waals surface area contributed by atoms with Gasteiger partial charge in [-0.15, -0.1) is 0 Å². The Hall–Kier alpha value is -1.89. The Labute approximate surface area is 139 Å². The predicted octanol–water partition coefficient (Wildman–Crippen LogP) is 5.52. The first-order chi connectivity index (χ1) is 10.5. The first-order valence-corrected chi connectivity index (χ1v) is 8.06. The molecule has 2 aromatic rings. The fraction of sp³-hybridized carbons (Fsp3) is 0.167. The third kappa shape index (κ3) is 3.14. The fourth-order valence-corrected chi connectivity index (χ4v) is 3.57. The van der Waals surface area contributed by atoms with Crippen molar-refractivity contribution in [2.24, 2.45) is 0 Å². The first-order valence-electron chi connectivity index (χ1n) is 6.87. The molecule has 0 aromatic heterocycles. The van der Waals surface area contributed by atoms with Crippen molar-refractivity contribution in [2.75, 3.05) is 0 Å². The lowest BCUT2D eigenvalue weighted by atomic mass is 10.0. The third-order valence-corrected chi connectivity index (χ3v) is 4.58. The molecule has 0 spiro atoms. The van der Waals surface area contributed by atoms with E-state index in [2.05, 4.69) is 12.1 Å². The third-order valence-electron chi connectivity index (χ3n) is 3.27. The van der Waals surface area contributed by atoms with Gasteiger partial charge in [-0.1, -0.05) is 23.4 Å². The highest BCUT2D eigenvalue weighted by molar-refractivity contribution is 8.08. The second-order valence-corrected chi connectivity index (χ2v) is 7.14. The van der Waals surface area contributed by atoms with Gasteiger partial charge in [-0.25, -0.2) is 0 Å². The smallest absolute Gasteiger partial charge is 0.129 e. The van der Waals surface area contributed by atoms with Crippen LogP contribution in [0, 0.1) is 11.3 Å². The number of fused-ring (bicyclic) bond motifs is 1. The van der Waals surface area contributed by atoms with Gasteiger partial charge < -0.3 is 4.74 Å². The number of rotatable bonds is 2. The van der Waals surface area contributed by atoms with Crippen molar-refractivity contribution in [1.82, 2.24) is 0 Å². The van der Waals surface area contributed by atoms with E-state index in [9.17, 15) is 0 Å². The van der Waals surface area contributed by atoms with Crippen LogP contribution in [0.5, 0.6) is 5.75 Å². The van der Waals surface area contributed by atoms with Gasteiger partial charge in [0.25, 0.3) is 0 Å². The van der Waals surface area contributed by atoms with Crippen molar-refractivity contribution in [3.05, 3.63) is 64.7 Å². The molecule has 3 rings (SSSR count). The second-order valence-electron chi connectivity index (χ2n) is 5.59. The van der Waals surface area contributed by atoms with Gasteiger partial charge in [-0.05, 0) is 62.4 Å². The fourth-order valence-electron chi connectivity index (χ4n) is 2.30. The Kier molecular flexibility index (Phi) is 3.90. The number of benzene rings is 2. The van der Waals surface area contributed by atoms with Gasteiger partial charge in [0.2, 0.25) is 0 Å². The maximum absolute atomic E-state index is 9.12. The molecule has 0 unspecified atom stereocenters. The van der Waals surface area contributed by atoms with E-state index < -0.39 is 0 Å². The van der Waals surface area contributed by atoms with E-state index in [1.807, 2.05) is 50.2 Å². The molecule has 0 atom stereocenters. The molecule has 110 valence electrons. The lowest BCUT2D eigenvalue weighted by molar-refractivity contribution is 0.158. The van der Waals surface area contributed by atoms with Crippen molar-refractivity contribution in [1.29, 1.82) is 5.26 Å². The molecule has 0 bridgehead atoms. The van der Waals surface area contributed by atoms with Gasteiger partial charge in [-0.2, -0.15) is 5.26 Å². The van der Waals surface area contributed by atoms with E-state index in [4.69, 9.17) is 21.6 Å². The molecule has 2 nitrogen and oxygen atoms in total. The number of hydrogen-bond acceptors (Lipinski definition) is 3. The van der Waals surface area contributed by atoms with Gasteiger partial charge in [0.1, 0.15) is 11.4 Å². The average Bonchev–Trinajstić information content (AvgIpc) is 2.48. The number of nitriles is 1. The molecular weight excluding hydrogens is 314 g/mol. The maximum Gasteiger partial charge on any atom is 0.129 e. The van der Waals surface area contributed by atoms with Crippen LogP contribution in [0.2, 0.25) is 5.02 Å². The quantitative estimate of drug-likeness (QED) is 0.728. The molecule has 0 aliphatic carbocycles. The Morgan fingerprint density at radius 2 is 1.86 bits per heavy atom. The molecule has 0 saturated heterocycles. The normalized spacial score (nSPS) is 15.3. The minimum Gasteiger partial charge on any atom is -0.483 e. The Balaban J connectivity index is 2.03. The van der Waals surface area contributed by atoms with Crippen molar-refractivity contribution in [3.8, 4) is 11.8 Å². The summed E-state index contributed by atoms with van der Waals surface area (Å²) in [5.74, 6) is 0.808. The molecule has 2 aromatic carbocycles. The molecule has 0 N–H and O–H groups in total. The van der Waals surface area contributed by atoms with E-state index in [1.54, 1.807) is 17.8 Å². The monoisotopic (exact) mass is 327 g/mol. The van der Waals surface area contributed by atoms with Gasteiger partial charge in [0, 0.05) is 20.4 Å². The van der Waals surface area contributed by atoms with Crippen LogP contribution in [0.15, 0.2) is 53.4 Å². The predicted molar refractivity (Wildman–Crippen MR) is 91.2 cm³/mol. The Morgan fingerprint density at radius 1 is 1.14 bits per heavy atom. The molecule has 0 amide bonds. The number of nitrogens with zero attached hydrogens (tertiary/aromatic N) is 1. The van der Waals surface area contributed by atoms with Gasteiger partial charge >= 0.3 is 0 Å². The van der Waals surface area contributed by atoms with Crippen LogP contribution in [0.4, 0.5) is 0 Å². The van der Waals surface area contributed by atoms with Crippen molar-refractivity contribution in [3.63, 3.8) is 0 Å². The Morgan fingerprint density at radius 3 is 2.55 bits per heavy atom. The number of ether oxygens (including phenoxy) is 1. The summed E-state index contributed by atoms with van der Waals surface area (Å²) in [5, 5.41) is 9.84. The molecular formula is C18H14ClNOS. The molecule has 1 heterocycles. The summed E-state index contributed by atoms with van der Waals surface area (Å²) in [6.07, 6.45) is 2.09. The molecule has 1 aliphatic heterocycles. The Bertz CT molecular complexity index is 788. The molecule has 1 aliphatic rings. The highest BCUT2D eigenvalue weighted by atomic mass is 35.5. The topological polar surface area (TPSA) is 33.0 Å². The summed E-state index contributed by atoms with van der Waals surface area (Å²) in [5.41, 5.74) is 1.21. The van der Waals surface area contributed by atoms with Crippen LogP contribution in [-0.4, -0.2) is 5.60 Å². The summed E-state index contributed by atoms with van der Waals surface area (Å²) in [4.78, 5) is 2.19. The number of thioether (sulfide) groups is 1. The van der Waals surface area contributed by atoms with Crippen LogP contribution in [0.1, 0.15) is 25.0 Å². The van der Waals surface area contributed by atoms with Crippen LogP contribution >= 0.6 is 23.4 Å². The summed E-state index contributed by atoms with van der Waals surface area (Å²) < 4.78 is 5.99. The van der Waals surface area contributed by atoms with E-state index in [0.717, 1.165) is 26.1 Å². The molecule has 0 saturated carbocycles. The molecule has 0 fully saturated rings. The summed E-state index contributed by atoms with van der Waals surface area (Å²) in [6.45, 7) is 4.05. The van der Waals surface area contributed by atoms with Crippen LogP contribution < -0.4 is 4.74 Å². The van der Waals surface area contributed by atoms with Crippen LogP contribution in [0.3, 0.4) is 0 Å². The number of halogens is 1. The van der Waals surface area contributed by atoms with Crippen molar-refractivity contribution >= 4 is 28.3 Å². The van der Waals surface area contributed by atoms with E-state index in [1.165, 1.54) is 0 Å². The van der Waals surface area contributed by atoms with E-state index >= 15 is 0 Å². The zero-order valence-electron chi connectivity index (χ0n) is 12.3. The van der Waals surface area contributed by atoms with E-state index in [0.29, 0.717) is 5.56 Å². The summed E-state index contributed by atoms with van der Waals surface area (Å²) in [6, 6.07) is 15.4. The minimum absolute atomic E-state index is 0.379. The summed E-state index contributed by atoms with van der Waals surface area (Å²) >= 11 is 7.59. The van der Waals surface area contributed by atoms with Crippen LogP contribution in [0.25, 0.3) is 4.91 Å². The van der Waals surface area contributed by atoms with E-state index in [-0.39, 0.29) is 5.60 Å². The average molecular weight is 328 g/mol. The van der Waals surface area contributed by atoms with Crippen molar-refractivity contribution in [2.45, 2.75) is 24.3 Å². The highest BCUT2D eigenvalue weighted by Crippen LogP contribution is 2.44. The first kappa shape index (κ1) is 15.0. The second kappa shape index (κ2) is 5.72. The molecule has 0 radical (unpaired) electrons. The number of hydrogen-bond donors (Lipinski definition) is 0. The van der Waals surface area contributed by atoms with Gasteiger partial charge in [0.15, 0.2) is 0 Å². The zero-order valence-corrected chi connectivity index (χ0v) is 13.8. The standard InChI is InChI=1S/C18H14ClNOS/c1-18(2)10-17(22-14-6-4-13(19)5-7-14)15-9-12(11-20)3-8-16(15)21-18/h3-10H,1-2H3. The minimum atomic E-state index is -0.379. The van der Waals surface area contributed by atoms with Gasteiger partial charge in [0.05, 0.1) is 11.6 Å². The molecule has 4 heteroatoms. The van der Waals surface area contributed by atoms with Crippen LogP contribution in [-0.2, 0) is 0 Å². The SMILES string of the molecule is CC1(C)C=C(Sc2ccc(Cl)cc2)c2cc(C#N)ccc2O1.